The number of non-ortho nitro benzene ring substituents is 1. The number of nitro groups is 1. The second kappa shape index (κ2) is 10.3. The summed E-state index contributed by atoms with van der Waals surface area (Å²) >= 11 is 7.50. The number of amides is 1. The van der Waals surface area contributed by atoms with Gasteiger partial charge in [-0.1, -0.05) is 23.7 Å². The molecule has 0 aliphatic heterocycles. The molecule has 0 bridgehead atoms. The summed E-state index contributed by atoms with van der Waals surface area (Å²) in [5.74, 6) is 0.130. The maximum Gasteiger partial charge on any atom is 0.269 e. The molecule has 2 aromatic carbocycles. The zero-order valence-corrected chi connectivity index (χ0v) is 19.9. The Morgan fingerprint density at radius 1 is 1.26 bits per heavy atom. The van der Waals surface area contributed by atoms with Crippen LogP contribution in [0.5, 0.6) is 0 Å². The van der Waals surface area contributed by atoms with E-state index in [-0.39, 0.29) is 11.3 Å². The number of aryl methyl sites for hydroxylation is 1. The van der Waals surface area contributed by atoms with Crippen molar-refractivity contribution < 1.29 is 14.1 Å². The Hall–Kier alpha value is -4.26. The lowest BCUT2D eigenvalue weighted by molar-refractivity contribution is -0.384. The molecule has 2 heterocycles. The molecule has 0 saturated heterocycles. The molecule has 35 heavy (non-hydrogen) atoms. The van der Waals surface area contributed by atoms with Crippen LogP contribution in [0.25, 0.3) is 17.4 Å². The predicted molar refractivity (Wildman–Crippen MR) is 134 cm³/mol. The van der Waals surface area contributed by atoms with Crippen molar-refractivity contribution in [2.24, 2.45) is 0 Å². The molecule has 174 valence electrons. The lowest BCUT2D eigenvalue weighted by atomic mass is 10.1. The van der Waals surface area contributed by atoms with Gasteiger partial charge in [-0.2, -0.15) is 5.26 Å². The van der Waals surface area contributed by atoms with Gasteiger partial charge in [0.25, 0.3) is 11.6 Å². The van der Waals surface area contributed by atoms with Gasteiger partial charge in [-0.05, 0) is 48.4 Å². The van der Waals surface area contributed by atoms with Crippen LogP contribution < -0.4 is 5.32 Å². The summed E-state index contributed by atoms with van der Waals surface area (Å²) in [4.78, 5) is 28.1. The van der Waals surface area contributed by atoms with Crippen LogP contribution in [0.3, 0.4) is 0 Å². The fraction of sp³-hybridized carbons (Fsp3) is 0.0800. The third kappa shape index (κ3) is 5.81. The minimum Gasteiger partial charge on any atom is -0.457 e. The first kappa shape index (κ1) is 23.9. The zero-order chi connectivity index (χ0) is 24.9. The van der Waals surface area contributed by atoms with Gasteiger partial charge in [0.1, 0.15) is 23.2 Å². The summed E-state index contributed by atoms with van der Waals surface area (Å²) in [6.07, 6.45) is 3.62. The molecule has 4 aromatic rings. The Bertz CT molecular complexity index is 1480. The van der Waals surface area contributed by atoms with Gasteiger partial charge in [0.2, 0.25) is 0 Å². The first-order valence-electron chi connectivity index (χ1n) is 10.3. The average molecular weight is 505 g/mol. The number of benzene rings is 2. The summed E-state index contributed by atoms with van der Waals surface area (Å²) in [6, 6.07) is 16.9. The Morgan fingerprint density at radius 3 is 2.71 bits per heavy atom. The molecule has 4 rings (SSSR count). The number of halogens is 1. The molecule has 1 N–H and O–H groups in total. The normalized spacial score (nSPS) is 11.2. The van der Waals surface area contributed by atoms with E-state index in [1.165, 1.54) is 29.5 Å². The first-order valence-corrected chi connectivity index (χ1v) is 11.5. The SMILES string of the molecule is Cc1ccc(Cc2cnc(NC(=O)/C(C#N)=C/c3ccc(-c4ccc([N+](=O)[O-])cc4)o3)s2)cc1Cl. The van der Waals surface area contributed by atoms with E-state index in [4.69, 9.17) is 16.0 Å². The lowest BCUT2D eigenvalue weighted by Crippen LogP contribution is -2.13. The quantitative estimate of drug-likeness (QED) is 0.134. The number of hydrogen-bond acceptors (Lipinski definition) is 7. The van der Waals surface area contributed by atoms with Crippen molar-refractivity contribution in [2.45, 2.75) is 13.3 Å². The number of rotatable bonds is 7. The maximum atomic E-state index is 12.6. The first-order chi connectivity index (χ1) is 16.8. The molecule has 2 aromatic heterocycles. The van der Waals surface area contributed by atoms with Crippen molar-refractivity contribution in [3.63, 3.8) is 0 Å². The highest BCUT2D eigenvalue weighted by molar-refractivity contribution is 7.15. The van der Waals surface area contributed by atoms with Gasteiger partial charge in [-0.3, -0.25) is 20.2 Å². The number of aromatic nitrogens is 1. The van der Waals surface area contributed by atoms with Crippen LogP contribution in [-0.2, 0) is 11.2 Å². The molecule has 0 fully saturated rings. The van der Waals surface area contributed by atoms with E-state index in [2.05, 4.69) is 10.3 Å². The van der Waals surface area contributed by atoms with E-state index < -0.39 is 10.8 Å². The number of nitriles is 1. The summed E-state index contributed by atoms with van der Waals surface area (Å²) in [5.41, 5.74) is 2.47. The Labute approximate surface area is 209 Å². The summed E-state index contributed by atoms with van der Waals surface area (Å²) in [6.45, 7) is 1.94. The zero-order valence-electron chi connectivity index (χ0n) is 18.3. The molecule has 0 atom stereocenters. The molecular formula is C25H17ClN4O4S. The molecule has 0 radical (unpaired) electrons. The second-order valence-corrected chi connectivity index (χ2v) is 9.04. The largest absolute Gasteiger partial charge is 0.457 e. The highest BCUT2D eigenvalue weighted by Crippen LogP contribution is 2.27. The molecule has 0 spiro atoms. The summed E-state index contributed by atoms with van der Waals surface area (Å²) in [5, 5.41) is 24.0. The van der Waals surface area contributed by atoms with Gasteiger partial charge in [-0.15, -0.1) is 11.3 Å². The maximum absolute atomic E-state index is 12.6. The molecule has 8 nitrogen and oxygen atoms in total. The second-order valence-electron chi connectivity index (χ2n) is 7.52. The van der Waals surface area contributed by atoms with Gasteiger partial charge in [0, 0.05) is 46.3 Å². The number of carbonyl (C=O) groups excluding carboxylic acids is 1. The van der Waals surface area contributed by atoms with Crippen LogP contribution >= 0.6 is 22.9 Å². The van der Waals surface area contributed by atoms with Crippen LogP contribution in [-0.4, -0.2) is 15.8 Å². The minimum absolute atomic E-state index is 0.0307. The average Bonchev–Trinajstić information content (AvgIpc) is 3.49. The standard InChI is InChI=1S/C25H17ClN4O4S/c1-15-2-3-16(11-22(15)26)10-21-14-28-25(35-21)29-24(31)18(13-27)12-20-8-9-23(34-20)17-4-6-19(7-5-17)30(32)33/h2-9,11-12,14H,10H2,1H3,(H,28,29,31)/b18-12+. The molecule has 10 heteroatoms. The smallest absolute Gasteiger partial charge is 0.269 e. The number of nitro benzene ring substituents is 1. The molecule has 0 aliphatic rings. The number of carbonyl (C=O) groups is 1. The Kier molecular flexibility index (Phi) is 7.06. The van der Waals surface area contributed by atoms with Crippen molar-refractivity contribution in [1.29, 1.82) is 5.26 Å². The van der Waals surface area contributed by atoms with Gasteiger partial charge in [-0.25, -0.2) is 4.98 Å². The number of thiazole rings is 1. The van der Waals surface area contributed by atoms with Crippen molar-refractivity contribution in [3.8, 4) is 17.4 Å². The van der Waals surface area contributed by atoms with E-state index >= 15 is 0 Å². The van der Waals surface area contributed by atoms with Gasteiger partial charge >= 0.3 is 0 Å². The summed E-state index contributed by atoms with van der Waals surface area (Å²) in [7, 11) is 0. The van der Waals surface area contributed by atoms with E-state index in [1.54, 1.807) is 30.5 Å². The fourth-order valence-corrected chi connectivity index (χ4v) is 4.23. The Morgan fingerprint density at radius 2 is 2.03 bits per heavy atom. The number of hydrogen-bond donors (Lipinski definition) is 1. The van der Waals surface area contributed by atoms with Gasteiger partial charge in [0.15, 0.2) is 5.13 Å². The predicted octanol–water partition coefficient (Wildman–Crippen LogP) is 6.41. The van der Waals surface area contributed by atoms with Crippen LogP contribution in [0, 0.1) is 28.4 Å². The highest BCUT2D eigenvalue weighted by atomic mass is 35.5. The molecule has 0 saturated carbocycles. The van der Waals surface area contributed by atoms with E-state index in [9.17, 15) is 20.2 Å². The third-order valence-electron chi connectivity index (χ3n) is 5.03. The number of furan rings is 1. The fourth-order valence-electron chi connectivity index (χ4n) is 3.18. The van der Waals surface area contributed by atoms with Crippen LogP contribution in [0.15, 0.2) is 70.8 Å². The van der Waals surface area contributed by atoms with E-state index in [0.717, 1.165) is 16.0 Å². The van der Waals surface area contributed by atoms with Crippen molar-refractivity contribution >= 4 is 45.7 Å². The van der Waals surface area contributed by atoms with E-state index in [1.807, 2.05) is 31.2 Å². The van der Waals surface area contributed by atoms with Crippen LogP contribution in [0.4, 0.5) is 10.8 Å². The number of nitrogens with one attached hydrogen (secondary N) is 1. The monoisotopic (exact) mass is 504 g/mol. The summed E-state index contributed by atoms with van der Waals surface area (Å²) < 4.78 is 5.69. The Balaban J connectivity index is 1.44. The molecular weight excluding hydrogens is 488 g/mol. The van der Waals surface area contributed by atoms with E-state index in [0.29, 0.717) is 33.7 Å². The lowest BCUT2D eigenvalue weighted by Gasteiger charge is -2.02. The van der Waals surface area contributed by atoms with Gasteiger partial charge in [0.05, 0.1) is 4.92 Å². The molecule has 0 unspecified atom stereocenters. The topological polar surface area (TPSA) is 122 Å². The number of anilines is 1. The van der Waals surface area contributed by atoms with Crippen molar-refractivity contribution in [3.05, 3.63) is 103 Å². The van der Waals surface area contributed by atoms with Crippen LogP contribution in [0.1, 0.15) is 21.8 Å². The van der Waals surface area contributed by atoms with Crippen molar-refractivity contribution in [2.75, 3.05) is 5.32 Å². The van der Waals surface area contributed by atoms with Gasteiger partial charge < -0.3 is 4.42 Å². The number of nitrogens with zero attached hydrogens (tertiary/aromatic N) is 3. The minimum atomic E-state index is -0.611. The highest BCUT2D eigenvalue weighted by Gasteiger charge is 2.14. The third-order valence-corrected chi connectivity index (χ3v) is 6.35. The molecule has 1 amide bonds. The van der Waals surface area contributed by atoms with Crippen molar-refractivity contribution in [1.82, 2.24) is 4.98 Å². The van der Waals surface area contributed by atoms with Crippen LogP contribution in [0.2, 0.25) is 5.02 Å². The molecule has 0 aliphatic carbocycles.